The van der Waals surface area contributed by atoms with Crippen molar-refractivity contribution in [3.05, 3.63) is 59.4 Å². The van der Waals surface area contributed by atoms with Crippen LogP contribution < -0.4 is 15.4 Å². The number of fused-ring (bicyclic) bond motifs is 1. The lowest BCUT2D eigenvalue weighted by molar-refractivity contribution is -0.136. The summed E-state index contributed by atoms with van der Waals surface area (Å²) in [4.78, 5) is 41.7. The molecule has 2 aromatic rings. The normalized spacial score (nSPS) is 22.6. The summed E-state index contributed by atoms with van der Waals surface area (Å²) in [6, 6.07) is 9.13. The van der Waals surface area contributed by atoms with Gasteiger partial charge in [0.2, 0.25) is 11.8 Å². The van der Waals surface area contributed by atoms with E-state index in [2.05, 4.69) is 21.7 Å². The maximum Gasteiger partial charge on any atom is 0.255 e. The van der Waals surface area contributed by atoms with Crippen molar-refractivity contribution in [2.75, 3.05) is 13.1 Å². The minimum atomic E-state index is -0.569. The third kappa shape index (κ3) is 5.37. The first-order valence-electron chi connectivity index (χ1n) is 12.6. The Morgan fingerprint density at radius 2 is 1.83 bits per heavy atom. The molecule has 1 aromatic heterocycles. The minimum absolute atomic E-state index is 0.145. The molecule has 1 aliphatic carbocycles. The fourth-order valence-electron chi connectivity index (χ4n) is 5.14. The second-order valence-corrected chi connectivity index (χ2v) is 9.74. The predicted molar refractivity (Wildman–Crippen MR) is 130 cm³/mol. The largest absolute Gasteiger partial charge is 0.490 e. The van der Waals surface area contributed by atoms with Crippen LogP contribution >= 0.6 is 0 Å². The van der Waals surface area contributed by atoms with Gasteiger partial charge in [0.25, 0.3) is 5.91 Å². The molecule has 1 unspecified atom stereocenters. The van der Waals surface area contributed by atoms with Gasteiger partial charge in [-0.1, -0.05) is 12.5 Å². The van der Waals surface area contributed by atoms with Crippen molar-refractivity contribution in [2.24, 2.45) is 0 Å². The maximum absolute atomic E-state index is 12.6. The van der Waals surface area contributed by atoms with Gasteiger partial charge in [0.15, 0.2) is 0 Å². The summed E-state index contributed by atoms with van der Waals surface area (Å²) in [5, 5.41) is 5.55. The van der Waals surface area contributed by atoms with Crippen LogP contribution in [-0.4, -0.2) is 52.8 Å². The van der Waals surface area contributed by atoms with Gasteiger partial charge in [-0.25, -0.2) is 0 Å². The summed E-state index contributed by atoms with van der Waals surface area (Å²) in [6.07, 6.45) is 10.5. The van der Waals surface area contributed by atoms with Crippen molar-refractivity contribution in [1.82, 2.24) is 20.5 Å². The second-order valence-electron chi connectivity index (χ2n) is 9.74. The molecule has 0 spiro atoms. The second kappa shape index (κ2) is 10.6. The number of pyridine rings is 1. The minimum Gasteiger partial charge on any atom is -0.490 e. The summed E-state index contributed by atoms with van der Waals surface area (Å²) < 4.78 is 6.08. The number of aromatic nitrogens is 1. The van der Waals surface area contributed by atoms with E-state index in [1.165, 1.54) is 24.8 Å². The van der Waals surface area contributed by atoms with Gasteiger partial charge in [-0.05, 0) is 67.5 Å². The van der Waals surface area contributed by atoms with Crippen molar-refractivity contribution in [2.45, 2.75) is 69.6 Å². The van der Waals surface area contributed by atoms with Crippen molar-refractivity contribution < 1.29 is 19.1 Å². The van der Waals surface area contributed by atoms with Crippen molar-refractivity contribution in [3.8, 4) is 5.75 Å². The summed E-state index contributed by atoms with van der Waals surface area (Å²) >= 11 is 0. The van der Waals surface area contributed by atoms with Gasteiger partial charge in [0.1, 0.15) is 11.8 Å². The van der Waals surface area contributed by atoms with Crippen molar-refractivity contribution in [1.29, 1.82) is 0 Å². The molecule has 184 valence electrons. The highest BCUT2D eigenvalue weighted by Crippen LogP contribution is 2.31. The molecule has 0 bridgehead atoms. The number of ether oxygens (including phenoxy) is 1. The van der Waals surface area contributed by atoms with Crippen LogP contribution in [0.3, 0.4) is 0 Å². The lowest BCUT2D eigenvalue weighted by Gasteiger charge is -2.29. The monoisotopic (exact) mass is 476 g/mol. The summed E-state index contributed by atoms with van der Waals surface area (Å²) in [5.41, 5.74) is 2.88. The molecule has 4 heterocycles. The van der Waals surface area contributed by atoms with Gasteiger partial charge < -0.3 is 15.0 Å². The third-order valence-electron chi connectivity index (χ3n) is 7.29. The van der Waals surface area contributed by atoms with Gasteiger partial charge in [-0.15, -0.1) is 0 Å². The zero-order valence-corrected chi connectivity index (χ0v) is 19.9. The molecule has 0 radical (unpaired) electrons. The molecule has 3 amide bonds. The molecule has 2 N–H and O–H groups in total. The van der Waals surface area contributed by atoms with Crippen LogP contribution in [0.5, 0.6) is 5.75 Å². The number of benzene rings is 1. The highest BCUT2D eigenvalue weighted by molar-refractivity contribution is 6.05. The number of nitrogens with one attached hydrogen (secondary N) is 2. The number of hydrogen-bond donors (Lipinski definition) is 2. The van der Waals surface area contributed by atoms with Crippen LogP contribution in [0.15, 0.2) is 42.7 Å². The first-order chi connectivity index (χ1) is 17.1. The van der Waals surface area contributed by atoms with Gasteiger partial charge >= 0.3 is 0 Å². The Bertz CT molecular complexity index is 1080. The Morgan fingerprint density at radius 3 is 2.51 bits per heavy atom. The third-order valence-corrected chi connectivity index (χ3v) is 7.29. The standard InChI is InChI=1S/C19H22N2O4.C8H10N2/c22-17-9-8-16(18(23)20-17)21-11-12-10-14(6-7-15(12)19(21)24)25-13-4-2-1-3-5-13;1-2-7(4-9-3-1)8-5-10-6-8/h6-7,10,13,16H,1-5,8-9,11H2,(H,20,22,23);1-4,8,10H,5-6H2. The topological polar surface area (TPSA) is 101 Å². The molecular weight excluding hydrogens is 444 g/mol. The molecule has 3 fully saturated rings. The molecule has 35 heavy (non-hydrogen) atoms. The number of piperidine rings is 1. The van der Waals surface area contributed by atoms with Gasteiger partial charge in [0.05, 0.1) is 6.10 Å². The number of imide groups is 1. The van der Waals surface area contributed by atoms with Crippen LogP contribution in [0.25, 0.3) is 0 Å². The number of rotatable bonds is 4. The first-order valence-corrected chi connectivity index (χ1v) is 12.6. The Kier molecular flexibility index (Phi) is 7.08. The molecule has 2 saturated heterocycles. The zero-order valence-electron chi connectivity index (χ0n) is 19.9. The molecule has 1 saturated carbocycles. The van der Waals surface area contributed by atoms with E-state index in [-0.39, 0.29) is 30.2 Å². The van der Waals surface area contributed by atoms with E-state index in [4.69, 9.17) is 4.74 Å². The fraction of sp³-hybridized carbons (Fsp3) is 0.481. The predicted octanol–water partition coefficient (Wildman–Crippen LogP) is 2.93. The highest BCUT2D eigenvalue weighted by atomic mass is 16.5. The molecule has 4 aliphatic rings. The van der Waals surface area contributed by atoms with E-state index in [1.807, 2.05) is 30.6 Å². The molecular formula is C27H32N4O4. The number of carbonyl (C=O) groups is 3. The SMILES string of the molecule is O=C1CCC(N2Cc3cc(OC4CCCCC4)ccc3C2=O)C(=O)N1.c1cncc(C2CNC2)c1. The Labute approximate surface area is 205 Å². The van der Waals surface area contributed by atoms with E-state index in [1.54, 1.807) is 11.0 Å². The number of amides is 3. The van der Waals surface area contributed by atoms with Crippen LogP contribution in [0.4, 0.5) is 0 Å². The van der Waals surface area contributed by atoms with E-state index in [0.717, 1.165) is 37.2 Å². The first kappa shape index (κ1) is 23.5. The Balaban J connectivity index is 0.000000211. The zero-order chi connectivity index (χ0) is 24.2. The van der Waals surface area contributed by atoms with Crippen molar-refractivity contribution in [3.63, 3.8) is 0 Å². The molecule has 3 aliphatic heterocycles. The highest BCUT2D eigenvalue weighted by Gasteiger charge is 2.39. The Hall–Kier alpha value is -3.26. The number of nitrogens with zero attached hydrogens (tertiary/aromatic N) is 2. The summed E-state index contributed by atoms with van der Waals surface area (Å²) in [7, 11) is 0. The summed E-state index contributed by atoms with van der Waals surface area (Å²) in [6.45, 7) is 2.62. The smallest absolute Gasteiger partial charge is 0.255 e. The lowest BCUT2D eigenvalue weighted by Crippen LogP contribution is -2.52. The van der Waals surface area contributed by atoms with Crippen LogP contribution in [0, 0.1) is 0 Å². The lowest BCUT2D eigenvalue weighted by atomic mass is 9.96. The quantitative estimate of drug-likeness (QED) is 0.658. The van der Waals surface area contributed by atoms with E-state index >= 15 is 0 Å². The van der Waals surface area contributed by atoms with Crippen LogP contribution in [0.1, 0.15) is 72.3 Å². The van der Waals surface area contributed by atoms with Crippen LogP contribution in [0.2, 0.25) is 0 Å². The average molecular weight is 477 g/mol. The van der Waals surface area contributed by atoms with E-state index in [0.29, 0.717) is 24.4 Å². The number of hydrogen-bond acceptors (Lipinski definition) is 6. The maximum atomic E-state index is 12.6. The van der Waals surface area contributed by atoms with Gasteiger partial charge in [0, 0.05) is 49.9 Å². The van der Waals surface area contributed by atoms with Gasteiger partial charge in [-0.2, -0.15) is 0 Å². The molecule has 8 heteroatoms. The van der Waals surface area contributed by atoms with Crippen molar-refractivity contribution >= 4 is 17.7 Å². The summed E-state index contributed by atoms with van der Waals surface area (Å²) in [5.74, 6) is 0.718. The molecule has 1 aromatic carbocycles. The van der Waals surface area contributed by atoms with E-state index in [9.17, 15) is 14.4 Å². The van der Waals surface area contributed by atoms with Crippen LogP contribution in [-0.2, 0) is 16.1 Å². The Morgan fingerprint density at radius 1 is 1.00 bits per heavy atom. The average Bonchev–Trinajstić information content (AvgIpc) is 3.15. The molecule has 8 nitrogen and oxygen atoms in total. The molecule has 1 atom stereocenters. The fourth-order valence-corrected chi connectivity index (χ4v) is 5.14. The number of carbonyl (C=O) groups excluding carboxylic acids is 3. The molecule has 6 rings (SSSR count). The van der Waals surface area contributed by atoms with E-state index < -0.39 is 6.04 Å². The van der Waals surface area contributed by atoms with Gasteiger partial charge in [-0.3, -0.25) is 24.7 Å².